The summed E-state index contributed by atoms with van der Waals surface area (Å²) in [6.07, 6.45) is 12.7. The lowest BCUT2D eigenvalue weighted by atomic mass is 10.1. The summed E-state index contributed by atoms with van der Waals surface area (Å²) in [7, 11) is 0. The third-order valence-electron chi connectivity index (χ3n) is 3.79. The number of imidazole rings is 1. The second-order valence-electron chi connectivity index (χ2n) is 6.27. The summed E-state index contributed by atoms with van der Waals surface area (Å²) in [5.74, 6) is 2.07. The average Bonchev–Trinajstić information content (AvgIpc) is 2.77. The van der Waals surface area contributed by atoms with E-state index < -0.39 is 0 Å². The quantitative estimate of drug-likeness (QED) is 0.446. The molecule has 1 aromatic heterocycles. The minimum Gasteiger partial charge on any atom is -0.234 e. The van der Waals surface area contributed by atoms with Crippen molar-refractivity contribution in [3.8, 4) is 0 Å². The van der Waals surface area contributed by atoms with Crippen molar-refractivity contribution in [1.29, 1.82) is 0 Å². The summed E-state index contributed by atoms with van der Waals surface area (Å²) >= 11 is 0. The van der Waals surface area contributed by atoms with Gasteiger partial charge in [-0.05, 0) is 26.7 Å². The monoisotopic (exact) mass is 265 g/mol. The maximum absolute atomic E-state index is 2.46. The number of aryl methyl sites for hydroxylation is 1. The zero-order valence-corrected chi connectivity index (χ0v) is 13.7. The third-order valence-corrected chi connectivity index (χ3v) is 3.79. The zero-order valence-electron chi connectivity index (χ0n) is 13.7. The highest BCUT2D eigenvalue weighted by Crippen LogP contribution is 2.16. The van der Waals surface area contributed by atoms with Gasteiger partial charge in [-0.3, -0.25) is 0 Å². The molecule has 0 saturated heterocycles. The number of hydrogen-bond acceptors (Lipinski definition) is 0. The molecule has 1 heterocycles. The van der Waals surface area contributed by atoms with Crippen LogP contribution in [0.15, 0.2) is 12.4 Å². The fourth-order valence-corrected chi connectivity index (χ4v) is 2.77. The molecule has 0 unspecified atom stereocenters. The second-order valence-corrected chi connectivity index (χ2v) is 6.27. The molecule has 0 spiro atoms. The van der Waals surface area contributed by atoms with Crippen LogP contribution >= 0.6 is 0 Å². The van der Waals surface area contributed by atoms with Crippen LogP contribution in [0.1, 0.15) is 90.9 Å². The lowest BCUT2D eigenvalue weighted by molar-refractivity contribution is -0.705. The van der Waals surface area contributed by atoms with Crippen molar-refractivity contribution >= 4 is 0 Å². The van der Waals surface area contributed by atoms with Crippen LogP contribution < -0.4 is 4.57 Å². The molecular weight excluding hydrogens is 232 g/mol. The van der Waals surface area contributed by atoms with Gasteiger partial charge in [-0.25, -0.2) is 9.13 Å². The van der Waals surface area contributed by atoms with Crippen molar-refractivity contribution < 1.29 is 4.57 Å². The van der Waals surface area contributed by atoms with Crippen LogP contribution in [0.25, 0.3) is 0 Å². The molecule has 0 aliphatic carbocycles. The zero-order chi connectivity index (χ0) is 14.3. The summed E-state index contributed by atoms with van der Waals surface area (Å²) in [6.45, 7) is 12.6. The third kappa shape index (κ3) is 5.00. The highest BCUT2D eigenvalue weighted by Gasteiger charge is 2.21. The van der Waals surface area contributed by atoms with Crippen molar-refractivity contribution in [3.63, 3.8) is 0 Å². The Hall–Kier alpha value is -0.790. The van der Waals surface area contributed by atoms with E-state index in [-0.39, 0.29) is 0 Å². The molecule has 110 valence electrons. The van der Waals surface area contributed by atoms with Crippen molar-refractivity contribution in [2.45, 2.75) is 91.6 Å². The topological polar surface area (TPSA) is 8.81 Å². The lowest BCUT2D eigenvalue weighted by Gasteiger charge is -2.10. The van der Waals surface area contributed by atoms with Crippen LogP contribution in [0.5, 0.6) is 0 Å². The van der Waals surface area contributed by atoms with Crippen molar-refractivity contribution in [2.24, 2.45) is 0 Å². The van der Waals surface area contributed by atoms with E-state index in [9.17, 15) is 0 Å². The maximum Gasteiger partial charge on any atom is 0.259 e. The van der Waals surface area contributed by atoms with Gasteiger partial charge in [0.15, 0.2) is 0 Å². The Morgan fingerprint density at radius 2 is 1.63 bits per heavy atom. The maximum atomic E-state index is 2.46. The van der Waals surface area contributed by atoms with E-state index in [1.165, 1.54) is 50.9 Å². The highest BCUT2D eigenvalue weighted by atomic mass is 15.2. The van der Waals surface area contributed by atoms with E-state index in [1.54, 1.807) is 0 Å². The van der Waals surface area contributed by atoms with Gasteiger partial charge >= 0.3 is 0 Å². The highest BCUT2D eigenvalue weighted by molar-refractivity contribution is 4.91. The number of rotatable bonds is 9. The molecule has 2 nitrogen and oxygen atoms in total. The van der Waals surface area contributed by atoms with Crippen molar-refractivity contribution in [3.05, 3.63) is 18.2 Å². The molecule has 1 rings (SSSR count). The average molecular weight is 265 g/mol. The van der Waals surface area contributed by atoms with E-state index in [0.29, 0.717) is 12.0 Å². The number of aromatic nitrogens is 2. The molecular formula is C17H33N2+. The molecule has 0 fully saturated rings. The van der Waals surface area contributed by atoms with E-state index in [4.69, 9.17) is 0 Å². The Morgan fingerprint density at radius 3 is 2.21 bits per heavy atom. The fourth-order valence-electron chi connectivity index (χ4n) is 2.77. The fraction of sp³-hybridized carbons (Fsp3) is 0.824. The normalized spacial score (nSPS) is 11.7. The first-order chi connectivity index (χ1) is 9.07. The van der Waals surface area contributed by atoms with Gasteiger partial charge in [0.25, 0.3) is 5.82 Å². The van der Waals surface area contributed by atoms with Gasteiger partial charge in [-0.2, -0.15) is 0 Å². The molecule has 0 aromatic carbocycles. The Bertz CT molecular complexity index is 350. The van der Waals surface area contributed by atoms with Gasteiger partial charge in [0.1, 0.15) is 12.4 Å². The number of hydrogen-bond donors (Lipinski definition) is 0. The molecule has 0 aliphatic heterocycles. The van der Waals surface area contributed by atoms with Crippen LogP contribution in [-0.4, -0.2) is 4.57 Å². The van der Waals surface area contributed by atoms with Gasteiger partial charge in [-0.15, -0.1) is 0 Å². The summed E-state index contributed by atoms with van der Waals surface area (Å²) in [4.78, 5) is 0. The molecule has 0 N–H and O–H groups in total. The van der Waals surface area contributed by atoms with Crippen molar-refractivity contribution in [2.75, 3.05) is 0 Å². The smallest absolute Gasteiger partial charge is 0.234 e. The van der Waals surface area contributed by atoms with Gasteiger partial charge in [0.2, 0.25) is 0 Å². The van der Waals surface area contributed by atoms with Gasteiger partial charge < -0.3 is 0 Å². The minimum atomic E-state index is 0.559. The second kappa shape index (κ2) is 8.39. The van der Waals surface area contributed by atoms with Crippen LogP contribution in [0.4, 0.5) is 0 Å². The lowest BCUT2D eigenvalue weighted by Crippen LogP contribution is -2.38. The van der Waals surface area contributed by atoms with Gasteiger partial charge in [-0.1, -0.05) is 46.5 Å². The molecule has 2 heteroatoms. The van der Waals surface area contributed by atoms with Crippen LogP contribution in [0, 0.1) is 0 Å². The summed E-state index contributed by atoms with van der Waals surface area (Å²) in [5.41, 5.74) is 0. The van der Waals surface area contributed by atoms with E-state index in [2.05, 4.69) is 56.1 Å². The van der Waals surface area contributed by atoms with Crippen LogP contribution in [0.3, 0.4) is 0 Å². The SMILES string of the molecule is CCCCCCCC[n+]1ccn(C(C)C)c1C(C)C. The predicted octanol–water partition coefficient (Wildman–Crippen LogP) is 4.84. The van der Waals surface area contributed by atoms with Crippen LogP contribution in [-0.2, 0) is 6.54 Å². The molecule has 19 heavy (non-hydrogen) atoms. The Morgan fingerprint density at radius 1 is 1.00 bits per heavy atom. The van der Waals surface area contributed by atoms with E-state index >= 15 is 0 Å². The Labute approximate surface area is 119 Å². The number of nitrogens with zero attached hydrogens (tertiary/aromatic N) is 2. The summed E-state index contributed by atoms with van der Waals surface area (Å²) < 4.78 is 4.88. The molecule has 0 aliphatic rings. The summed E-state index contributed by atoms with van der Waals surface area (Å²) in [6, 6.07) is 0.559. The molecule has 0 atom stereocenters. The molecule has 0 bridgehead atoms. The minimum absolute atomic E-state index is 0.559. The molecule has 0 amide bonds. The van der Waals surface area contributed by atoms with Gasteiger partial charge in [0, 0.05) is 0 Å². The predicted molar refractivity (Wildman–Crippen MR) is 82.5 cm³/mol. The van der Waals surface area contributed by atoms with Crippen LogP contribution in [0.2, 0.25) is 0 Å². The Kier molecular flexibility index (Phi) is 7.19. The molecule has 0 radical (unpaired) electrons. The molecule has 0 saturated carbocycles. The largest absolute Gasteiger partial charge is 0.259 e. The first kappa shape index (κ1) is 16.3. The standard InChI is InChI=1S/C17H33N2/c1-6-7-8-9-10-11-12-18-13-14-19(16(4)5)17(18)15(2)3/h13-16H,6-12H2,1-5H3/q+1. The van der Waals surface area contributed by atoms with Crippen molar-refractivity contribution in [1.82, 2.24) is 4.57 Å². The van der Waals surface area contributed by atoms with E-state index in [1.807, 2.05) is 0 Å². The molecule has 1 aromatic rings. The van der Waals surface area contributed by atoms with E-state index in [0.717, 1.165) is 0 Å². The Balaban J connectivity index is 2.49. The summed E-state index contributed by atoms with van der Waals surface area (Å²) in [5, 5.41) is 0. The first-order valence-corrected chi connectivity index (χ1v) is 8.18. The van der Waals surface area contributed by atoms with Gasteiger partial charge in [0.05, 0.1) is 18.5 Å². The first-order valence-electron chi connectivity index (χ1n) is 8.18. The number of unbranched alkanes of at least 4 members (excludes halogenated alkanes) is 5.